The normalized spacial score (nSPS) is 16.8. The molecule has 182 valence electrons. The number of benzene rings is 1. The molecule has 7 nitrogen and oxygen atoms in total. The molecule has 1 fully saturated rings. The van der Waals surface area contributed by atoms with Crippen LogP contribution in [0.4, 0.5) is 18.0 Å². The summed E-state index contributed by atoms with van der Waals surface area (Å²) in [6.45, 7) is 7.61. The summed E-state index contributed by atoms with van der Waals surface area (Å²) in [4.78, 5) is 26.8. The number of likely N-dealkylation sites (tertiary alicyclic amines) is 1. The first kappa shape index (κ1) is 23.8. The Morgan fingerprint density at radius 2 is 1.91 bits per heavy atom. The van der Waals surface area contributed by atoms with Crippen LogP contribution in [0.5, 0.6) is 5.75 Å². The quantitative estimate of drug-likeness (QED) is 0.499. The maximum Gasteiger partial charge on any atom is 0.416 e. The summed E-state index contributed by atoms with van der Waals surface area (Å²) in [6, 6.07) is 5.27. The fraction of sp³-hybridized carbons (Fsp3) is 0.458. The molecule has 1 aromatic carbocycles. The fourth-order valence-corrected chi connectivity index (χ4v) is 4.21. The van der Waals surface area contributed by atoms with Crippen LogP contribution in [0, 0.1) is 6.92 Å². The van der Waals surface area contributed by atoms with Gasteiger partial charge in [-0.2, -0.15) is 13.2 Å². The monoisotopic (exact) mass is 476 g/mol. The number of aromatic nitrogens is 3. The smallest absolute Gasteiger partial charge is 0.416 e. The van der Waals surface area contributed by atoms with Crippen molar-refractivity contribution < 1.29 is 27.4 Å². The van der Waals surface area contributed by atoms with Crippen LogP contribution in [0.25, 0.3) is 22.4 Å². The second-order valence-corrected chi connectivity index (χ2v) is 9.39. The largest absolute Gasteiger partial charge is 0.496 e. The second kappa shape index (κ2) is 8.48. The number of halogens is 3. The van der Waals surface area contributed by atoms with E-state index >= 15 is 0 Å². The molecule has 3 heterocycles. The summed E-state index contributed by atoms with van der Waals surface area (Å²) >= 11 is 0. The lowest BCUT2D eigenvalue weighted by molar-refractivity contribution is -0.137. The molecule has 10 heteroatoms. The number of amides is 1. The van der Waals surface area contributed by atoms with Gasteiger partial charge in [-0.3, -0.25) is 4.90 Å². The van der Waals surface area contributed by atoms with Crippen molar-refractivity contribution in [3.63, 3.8) is 0 Å². The van der Waals surface area contributed by atoms with Crippen LogP contribution in [-0.2, 0) is 10.9 Å². The first-order valence-electron chi connectivity index (χ1n) is 11.0. The molecule has 1 N–H and O–H groups in total. The number of alkyl halides is 3. The zero-order valence-corrected chi connectivity index (χ0v) is 19.7. The zero-order chi connectivity index (χ0) is 24.8. The number of nitrogens with zero attached hydrogens (tertiary/aromatic N) is 3. The summed E-state index contributed by atoms with van der Waals surface area (Å²) in [6.07, 6.45) is -3.32. The Labute approximate surface area is 195 Å². The van der Waals surface area contributed by atoms with E-state index in [9.17, 15) is 18.0 Å². The number of H-pyrrole nitrogens is 1. The van der Waals surface area contributed by atoms with Gasteiger partial charge in [-0.05, 0) is 70.4 Å². The molecule has 1 amide bonds. The lowest BCUT2D eigenvalue weighted by Gasteiger charge is -2.27. The van der Waals surface area contributed by atoms with E-state index in [1.807, 2.05) is 20.8 Å². The summed E-state index contributed by atoms with van der Waals surface area (Å²) in [7, 11) is 1.33. The van der Waals surface area contributed by atoms with Crippen molar-refractivity contribution in [3.05, 3.63) is 41.2 Å². The molecule has 0 unspecified atom stereocenters. The van der Waals surface area contributed by atoms with E-state index in [0.717, 1.165) is 25.0 Å². The van der Waals surface area contributed by atoms with Gasteiger partial charge >= 0.3 is 12.3 Å². The lowest BCUT2D eigenvalue weighted by atomic mass is 10.00. The van der Waals surface area contributed by atoms with E-state index in [4.69, 9.17) is 9.47 Å². The van der Waals surface area contributed by atoms with Gasteiger partial charge in [0.1, 0.15) is 17.2 Å². The van der Waals surface area contributed by atoms with Gasteiger partial charge in [0.25, 0.3) is 0 Å². The number of aryl methyl sites for hydroxylation is 1. The summed E-state index contributed by atoms with van der Waals surface area (Å²) in [5.74, 6) is 0.681. The second-order valence-electron chi connectivity index (χ2n) is 9.39. The van der Waals surface area contributed by atoms with E-state index in [0.29, 0.717) is 40.4 Å². The molecule has 3 aromatic rings. The van der Waals surface area contributed by atoms with Gasteiger partial charge in [0.2, 0.25) is 0 Å². The summed E-state index contributed by atoms with van der Waals surface area (Å²) in [5, 5.41) is 0. The van der Waals surface area contributed by atoms with Crippen molar-refractivity contribution in [2.24, 2.45) is 0 Å². The Hall–Kier alpha value is -3.30. The minimum atomic E-state index is -4.48. The number of ether oxygens (including phenoxy) is 2. The third-order valence-corrected chi connectivity index (χ3v) is 5.66. The highest BCUT2D eigenvalue weighted by molar-refractivity contribution is 5.79. The van der Waals surface area contributed by atoms with Crippen molar-refractivity contribution in [2.45, 2.75) is 58.4 Å². The number of hydrogen-bond acceptors (Lipinski definition) is 5. The van der Waals surface area contributed by atoms with Crippen molar-refractivity contribution >= 4 is 17.3 Å². The Morgan fingerprint density at radius 1 is 1.18 bits per heavy atom. The Morgan fingerprint density at radius 3 is 2.56 bits per heavy atom. The van der Waals surface area contributed by atoms with Crippen molar-refractivity contribution in [2.75, 3.05) is 13.7 Å². The fourth-order valence-electron chi connectivity index (χ4n) is 4.21. The molecule has 34 heavy (non-hydrogen) atoms. The van der Waals surface area contributed by atoms with Gasteiger partial charge in [-0.15, -0.1) is 0 Å². The molecule has 2 aromatic heterocycles. The average Bonchev–Trinajstić information content (AvgIpc) is 3.37. The molecular weight excluding hydrogens is 449 g/mol. The summed E-state index contributed by atoms with van der Waals surface area (Å²) < 4.78 is 50.5. The van der Waals surface area contributed by atoms with E-state index in [1.165, 1.54) is 7.11 Å². The van der Waals surface area contributed by atoms with Gasteiger partial charge in [-0.1, -0.05) is 0 Å². The molecule has 0 aliphatic carbocycles. The number of aromatic amines is 1. The highest BCUT2D eigenvalue weighted by Gasteiger charge is 2.35. The van der Waals surface area contributed by atoms with Gasteiger partial charge < -0.3 is 14.5 Å². The number of nitrogens with one attached hydrogen (secondary N) is 1. The molecule has 1 saturated heterocycles. The SMILES string of the molecule is COc1cc(C(F)(F)F)cc(C)c1-c1ccc2[nH]c([C@H]3CCCN3C(=O)OC(C)(C)C)nc2n1. The number of methoxy groups -OCH3 is 1. The zero-order valence-electron chi connectivity index (χ0n) is 19.7. The van der Waals surface area contributed by atoms with Crippen LogP contribution in [0.15, 0.2) is 24.3 Å². The van der Waals surface area contributed by atoms with Crippen LogP contribution < -0.4 is 4.74 Å². The van der Waals surface area contributed by atoms with Crippen LogP contribution in [0.1, 0.15) is 56.6 Å². The number of fused-ring (bicyclic) bond motifs is 1. The highest BCUT2D eigenvalue weighted by atomic mass is 19.4. The molecule has 4 rings (SSSR count). The predicted molar refractivity (Wildman–Crippen MR) is 121 cm³/mol. The van der Waals surface area contributed by atoms with Crippen LogP contribution in [-0.4, -0.2) is 45.2 Å². The maximum absolute atomic E-state index is 13.2. The predicted octanol–water partition coefficient (Wildman–Crippen LogP) is 6.03. The summed E-state index contributed by atoms with van der Waals surface area (Å²) in [5.41, 5.74) is 0.997. The standard InChI is InChI=1S/C24H27F3N4O3/c1-13-11-14(24(25,26)27)12-18(33-5)19(13)15-8-9-16-20(28-15)30-21(29-16)17-7-6-10-31(17)22(32)34-23(2,3)4/h8-9,11-12,17H,6-7,10H2,1-5H3,(H,28,29,30)/t17-/m1/s1. The van der Waals surface area contributed by atoms with Crippen LogP contribution in [0.3, 0.4) is 0 Å². The van der Waals surface area contributed by atoms with Crippen LogP contribution >= 0.6 is 0 Å². The minimum absolute atomic E-state index is 0.0850. The van der Waals surface area contributed by atoms with Crippen molar-refractivity contribution in [1.29, 1.82) is 0 Å². The minimum Gasteiger partial charge on any atom is -0.496 e. The molecule has 1 atom stereocenters. The molecule has 1 aliphatic heterocycles. The van der Waals surface area contributed by atoms with E-state index < -0.39 is 23.4 Å². The van der Waals surface area contributed by atoms with Gasteiger partial charge in [-0.25, -0.2) is 14.8 Å². The molecular formula is C24H27F3N4O3. The highest BCUT2D eigenvalue weighted by Crippen LogP contribution is 2.39. The van der Waals surface area contributed by atoms with Crippen molar-refractivity contribution in [3.8, 4) is 17.0 Å². The molecule has 1 aliphatic rings. The van der Waals surface area contributed by atoms with Gasteiger partial charge in [0.05, 0.1) is 29.9 Å². The van der Waals surface area contributed by atoms with E-state index in [1.54, 1.807) is 24.0 Å². The Kier molecular flexibility index (Phi) is 5.95. The van der Waals surface area contributed by atoms with Crippen molar-refractivity contribution in [1.82, 2.24) is 19.9 Å². The number of imidazole rings is 1. The number of carbonyl (C=O) groups excluding carboxylic acids is 1. The Bertz CT molecular complexity index is 1230. The molecule has 0 bridgehead atoms. The Balaban J connectivity index is 1.69. The topological polar surface area (TPSA) is 80.3 Å². The van der Waals surface area contributed by atoms with Gasteiger partial charge in [0.15, 0.2) is 5.65 Å². The van der Waals surface area contributed by atoms with Crippen LogP contribution in [0.2, 0.25) is 0 Å². The van der Waals surface area contributed by atoms with Gasteiger partial charge in [0, 0.05) is 12.1 Å². The molecule has 0 radical (unpaired) electrons. The number of carbonyl (C=O) groups is 1. The van der Waals surface area contributed by atoms with E-state index in [2.05, 4.69) is 15.0 Å². The first-order valence-corrected chi connectivity index (χ1v) is 11.0. The number of hydrogen-bond donors (Lipinski definition) is 1. The molecule has 0 saturated carbocycles. The first-order chi connectivity index (χ1) is 15.9. The molecule has 0 spiro atoms. The average molecular weight is 476 g/mol. The lowest BCUT2D eigenvalue weighted by Crippen LogP contribution is -2.36. The third-order valence-electron chi connectivity index (χ3n) is 5.66. The maximum atomic E-state index is 13.2. The third kappa shape index (κ3) is 4.67. The number of rotatable bonds is 3. The van der Waals surface area contributed by atoms with E-state index in [-0.39, 0.29) is 11.8 Å². The number of pyridine rings is 1.